The summed E-state index contributed by atoms with van der Waals surface area (Å²) < 4.78 is 0. The Balaban J connectivity index is 1.71. The summed E-state index contributed by atoms with van der Waals surface area (Å²) in [5, 5.41) is 1.68. The van der Waals surface area contributed by atoms with Crippen LogP contribution in [-0.4, -0.2) is 22.1 Å². The first kappa shape index (κ1) is 13.0. The fourth-order valence-corrected chi connectivity index (χ4v) is 5.89. The number of nitrogens with zero attached hydrogens (tertiary/aromatic N) is 1. The molecule has 0 spiro atoms. The molecule has 4 fully saturated rings. The number of hydrazine groups is 1. The Hall–Kier alpha value is -0.680. The van der Waals surface area contributed by atoms with E-state index in [9.17, 15) is 4.79 Å². The van der Waals surface area contributed by atoms with Gasteiger partial charge in [0.25, 0.3) is 0 Å². The SMILES string of the molecule is NC(=S)N1NC2C3CCCCC3C3CCCC(C1=O)C32. The molecule has 0 aromatic heterocycles. The van der Waals surface area contributed by atoms with Gasteiger partial charge in [-0.3, -0.25) is 4.79 Å². The number of fused-ring (bicyclic) bond motifs is 3. The minimum Gasteiger partial charge on any atom is -0.375 e. The molecule has 1 amide bonds. The van der Waals surface area contributed by atoms with Gasteiger partial charge in [-0.1, -0.05) is 19.3 Å². The second-order valence-corrected chi connectivity index (χ2v) is 7.48. The Morgan fingerprint density at radius 2 is 1.80 bits per heavy atom. The second-order valence-electron chi connectivity index (χ2n) is 7.06. The average molecular weight is 293 g/mol. The molecular weight excluding hydrogens is 270 g/mol. The van der Waals surface area contributed by atoms with Gasteiger partial charge < -0.3 is 5.73 Å². The summed E-state index contributed by atoms with van der Waals surface area (Å²) in [5.74, 6) is 3.13. The number of nitrogens with one attached hydrogen (secondary N) is 1. The Morgan fingerprint density at radius 1 is 1.10 bits per heavy atom. The highest BCUT2D eigenvalue weighted by Crippen LogP contribution is 2.57. The van der Waals surface area contributed by atoms with Crippen LogP contribution < -0.4 is 11.2 Å². The summed E-state index contributed by atoms with van der Waals surface area (Å²) in [5.41, 5.74) is 9.16. The van der Waals surface area contributed by atoms with Crippen molar-refractivity contribution in [3.05, 3.63) is 0 Å². The predicted molar refractivity (Wildman–Crippen MR) is 80.3 cm³/mol. The topological polar surface area (TPSA) is 58.4 Å². The van der Waals surface area contributed by atoms with Gasteiger partial charge in [0.1, 0.15) is 0 Å². The van der Waals surface area contributed by atoms with Crippen molar-refractivity contribution >= 4 is 23.2 Å². The maximum Gasteiger partial charge on any atom is 0.246 e. The molecule has 0 bridgehead atoms. The molecule has 0 radical (unpaired) electrons. The molecule has 3 saturated carbocycles. The molecule has 4 nitrogen and oxygen atoms in total. The van der Waals surface area contributed by atoms with Crippen LogP contribution in [0.5, 0.6) is 0 Å². The zero-order valence-electron chi connectivity index (χ0n) is 11.8. The number of nitrogens with two attached hydrogens (primary N) is 1. The third kappa shape index (κ3) is 1.69. The van der Waals surface area contributed by atoms with Crippen LogP contribution in [-0.2, 0) is 4.79 Å². The number of thiocarbonyl (C=S) groups is 1. The van der Waals surface area contributed by atoms with Crippen molar-refractivity contribution in [3.8, 4) is 0 Å². The lowest BCUT2D eigenvalue weighted by molar-refractivity contribution is -0.144. The Labute approximate surface area is 125 Å². The van der Waals surface area contributed by atoms with Crippen molar-refractivity contribution < 1.29 is 4.79 Å². The van der Waals surface area contributed by atoms with Gasteiger partial charge >= 0.3 is 0 Å². The molecule has 1 heterocycles. The maximum atomic E-state index is 12.6. The molecule has 6 unspecified atom stereocenters. The van der Waals surface area contributed by atoms with Crippen LogP contribution in [0, 0.1) is 29.6 Å². The van der Waals surface area contributed by atoms with Crippen LogP contribution in [0.15, 0.2) is 0 Å². The highest BCUT2D eigenvalue weighted by Gasteiger charge is 2.59. The van der Waals surface area contributed by atoms with Crippen LogP contribution in [0.1, 0.15) is 44.9 Å². The third-order valence-corrected chi connectivity index (χ3v) is 6.53. The van der Waals surface area contributed by atoms with Crippen LogP contribution >= 0.6 is 12.2 Å². The van der Waals surface area contributed by atoms with Crippen molar-refractivity contribution in [3.63, 3.8) is 0 Å². The third-order valence-electron chi connectivity index (χ3n) is 6.35. The molecule has 0 aromatic rings. The van der Waals surface area contributed by atoms with Crippen molar-refractivity contribution in [2.45, 2.75) is 51.0 Å². The minimum atomic E-state index is 0.127. The van der Waals surface area contributed by atoms with Gasteiger partial charge in [-0.2, -0.15) is 0 Å². The van der Waals surface area contributed by atoms with Gasteiger partial charge in [0.2, 0.25) is 5.91 Å². The van der Waals surface area contributed by atoms with E-state index in [1.165, 1.54) is 43.5 Å². The van der Waals surface area contributed by atoms with Crippen LogP contribution in [0.2, 0.25) is 0 Å². The number of hydrogen-bond donors (Lipinski definition) is 2. The molecule has 6 atom stereocenters. The fourth-order valence-electron chi connectivity index (χ4n) is 5.74. The van der Waals surface area contributed by atoms with E-state index in [0.29, 0.717) is 12.0 Å². The molecule has 4 rings (SSSR count). The first-order chi connectivity index (χ1) is 9.68. The molecule has 3 N–H and O–H groups in total. The average Bonchev–Trinajstić information content (AvgIpc) is 2.78. The Morgan fingerprint density at radius 3 is 2.55 bits per heavy atom. The highest BCUT2D eigenvalue weighted by atomic mass is 32.1. The van der Waals surface area contributed by atoms with E-state index in [1.54, 1.807) is 0 Å². The van der Waals surface area contributed by atoms with Gasteiger partial charge in [0, 0.05) is 12.0 Å². The fraction of sp³-hybridized carbons (Fsp3) is 0.867. The number of carbonyl (C=O) groups excluding carboxylic acids is 1. The normalized spacial score (nSPS) is 46.8. The van der Waals surface area contributed by atoms with E-state index in [0.717, 1.165) is 24.2 Å². The maximum absolute atomic E-state index is 12.6. The van der Waals surface area contributed by atoms with Crippen LogP contribution in [0.25, 0.3) is 0 Å². The first-order valence-corrected chi connectivity index (χ1v) is 8.49. The number of amides is 1. The first-order valence-electron chi connectivity index (χ1n) is 8.08. The zero-order valence-corrected chi connectivity index (χ0v) is 12.6. The minimum absolute atomic E-state index is 0.127. The van der Waals surface area contributed by atoms with E-state index in [1.807, 2.05) is 0 Å². The standard InChI is InChI=1S/C15H23N3OS/c16-15(20)18-14(19)11-7-3-6-9-8-4-1-2-5-10(8)13(17-18)12(9)11/h8-13,17H,1-7H2,(H2,16,20). The molecule has 5 heteroatoms. The van der Waals surface area contributed by atoms with Crippen LogP contribution in [0.4, 0.5) is 0 Å². The quantitative estimate of drug-likeness (QED) is 0.669. The lowest BCUT2D eigenvalue weighted by Gasteiger charge is -2.45. The van der Waals surface area contributed by atoms with Gasteiger partial charge in [-0.15, -0.1) is 0 Å². The van der Waals surface area contributed by atoms with Gasteiger partial charge in [-0.25, -0.2) is 10.4 Å². The molecule has 0 aromatic carbocycles. The van der Waals surface area contributed by atoms with Gasteiger partial charge in [0.05, 0.1) is 0 Å². The largest absolute Gasteiger partial charge is 0.375 e. The molecule has 3 aliphatic carbocycles. The van der Waals surface area contributed by atoms with Gasteiger partial charge in [0.15, 0.2) is 5.11 Å². The summed E-state index contributed by atoms with van der Waals surface area (Å²) in [7, 11) is 0. The number of rotatable bonds is 0. The number of hydrogen-bond acceptors (Lipinski definition) is 3. The Bertz CT molecular complexity index is 454. The van der Waals surface area contributed by atoms with Crippen molar-refractivity contribution in [2.24, 2.45) is 35.3 Å². The Kier molecular flexibility index (Phi) is 3.04. The molecule has 110 valence electrons. The van der Waals surface area contributed by atoms with Crippen molar-refractivity contribution in [1.82, 2.24) is 10.4 Å². The lowest BCUT2D eigenvalue weighted by Crippen LogP contribution is -2.64. The van der Waals surface area contributed by atoms with E-state index in [-0.39, 0.29) is 16.9 Å². The molecule has 1 saturated heterocycles. The molecular formula is C15H23N3OS. The monoisotopic (exact) mass is 293 g/mol. The predicted octanol–water partition coefficient (Wildman–Crippen LogP) is 1.80. The molecule has 1 aliphatic heterocycles. The zero-order chi connectivity index (χ0) is 13.9. The molecule has 20 heavy (non-hydrogen) atoms. The summed E-state index contributed by atoms with van der Waals surface area (Å²) in [6, 6.07) is 0.426. The van der Waals surface area contributed by atoms with Crippen molar-refractivity contribution in [1.29, 1.82) is 0 Å². The number of carbonyl (C=O) groups is 1. The van der Waals surface area contributed by atoms with Gasteiger partial charge in [-0.05, 0) is 61.6 Å². The van der Waals surface area contributed by atoms with Crippen molar-refractivity contribution in [2.75, 3.05) is 0 Å². The lowest BCUT2D eigenvalue weighted by atomic mass is 9.69. The smallest absolute Gasteiger partial charge is 0.246 e. The van der Waals surface area contributed by atoms with E-state index >= 15 is 0 Å². The van der Waals surface area contributed by atoms with E-state index in [2.05, 4.69) is 5.43 Å². The van der Waals surface area contributed by atoms with E-state index < -0.39 is 0 Å². The van der Waals surface area contributed by atoms with Crippen LogP contribution in [0.3, 0.4) is 0 Å². The van der Waals surface area contributed by atoms with E-state index in [4.69, 9.17) is 18.0 Å². The highest BCUT2D eigenvalue weighted by molar-refractivity contribution is 7.80. The summed E-state index contributed by atoms with van der Waals surface area (Å²) in [6.45, 7) is 0. The summed E-state index contributed by atoms with van der Waals surface area (Å²) in [4.78, 5) is 12.6. The molecule has 4 aliphatic rings. The summed E-state index contributed by atoms with van der Waals surface area (Å²) in [6.07, 6.45) is 8.91. The second kappa shape index (κ2) is 4.67. The summed E-state index contributed by atoms with van der Waals surface area (Å²) >= 11 is 5.07.